The lowest BCUT2D eigenvalue weighted by molar-refractivity contribution is 0.135. The van der Waals surface area contributed by atoms with Crippen molar-refractivity contribution in [2.24, 2.45) is 11.7 Å². The van der Waals surface area contributed by atoms with Crippen LogP contribution in [0.15, 0.2) is 12.2 Å². The zero-order chi connectivity index (χ0) is 11.3. The van der Waals surface area contributed by atoms with Gasteiger partial charge in [0.25, 0.3) is 0 Å². The van der Waals surface area contributed by atoms with Crippen LogP contribution >= 0.6 is 0 Å². The van der Waals surface area contributed by atoms with Gasteiger partial charge in [0.05, 0.1) is 0 Å². The van der Waals surface area contributed by atoms with Crippen molar-refractivity contribution in [1.29, 1.82) is 0 Å². The third kappa shape index (κ3) is 3.96. The van der Waals surface area contributed by atoms with Gasteiger partial charge in [0, 0.05) is 12.6 Å². The molecule has 0 spiro atoms. The molecular formula is C13H26N2. The summed E-state index contributed by atoms with van der Waals surface area (Å²) in [6.45, 7) is 8.05. The smallest absolute Gasteiger partial charge is 0.0133 e. The van der Waals surface area contributed by atoms with Crippen LogP contribution in [0.5, 0.6) is 0 Å². The molecule has 2 heteroatoms. The van der Waals surface area contributed by atoms with Crippen LogP contribution in [0.2, 0.25) is 0 Å². The largest absolute Gasteiger partial charge is 0.330 e. The molecule has 1 aliphatic rings. The second-order valence-corrected chi connectivity index (χ2v) is 5.04. The fourth-order valence-electron chi connectivity index (χ4n) is 2.58. The summed E-state index contributed by atoms with van der Waals surface area (Å²) in [5.41, 5.74) is 7.12. The van der Waals surface area contributed by atoms with Crippen LogP contribution in [0.25, 0.3) is 0 Å². The monoisotopic (exact) mass is 210 g/mol. The second kappa shape index (κ2) is 6.29. The summed E-state index contributed by atoms with van der Waals surface area (Å²) in [6, 6.07) is 0.711. The van der Waals surface area contributed by atoms with Crippen molar-refractivity contribution < 1.29 is 0 Å². The Labute approximate surface area is 94.5 Å². The minimum Gasteiger partial charge on any atom is -0.330 e. The number of rotatable bonds is 5. The first-order valence-electron chi connectivity index (χ1n) is 6.20. The topological polar surface area (TPSA) is 29.3 Å². The van der Waals surface area contributed by atoms with Crippen LogP contribution in [0.3, 0.4) is 0 Å². The molecule has 15 heavy (non-hydrogen) atoms. The first-order valence-corrected chi connectivity index (χ1v) is 6.20. The van der Waals surface area contributed by atoms with Gasteiger partial charge in [0.1, 0.15) is 0 Å². The average Bonchev–Trinajstić information content (AvgIpc) is 2.25. The van der Waals surface area contributed by atoms with E-state index in [0.717, 1.165) is 19.5 Å². The summed E-state index contributed by atoms with van der Waals surface area (Å²) in [4.78, 5) is 2.49. The molecule has 2 atom stereocenters. The molecule has 0 radical (unpaired) electrons. The summed E-state index contributed by atoms with van der Waals surface area (Å²) in [5.74, 6) is 0.717. The zero-order valence-electron chi connectivity index (χ0n) is 10.3. The lowest BCUT2D eigenvalue weighted by atomic mass is 9.83. The first kappa shape index (κ1) is 12.7. The normalized spacial score (nSPS) is 26.9. The van der Waals surface area contributed by atoms with Gasteiger partial charge in [0.15, 0.2) is 0 Å². The van der Waals surface area contributed by atoms with Crippen molar-refractivity contribution in [3.63, 3.8) is 0 Å². The Bertz CT molecular complexity index is 201. The molecule has 0 amide bonds. The fourth-order valence-corrected chi connectivity index (χ4v) is 2.58. The molecule has 2 N–H and O–H groups in total. The molecule has 2 unspecified atom stereocenters. The summed E-state index contributed by atoms with van der Waals surface area (Å²) >= 11 is 0. The van der Waals surface area contributed by atoms with Crippen molar-refractivity contribution in [2.45, 2.75) is 45.1 Å². The number of nitrogens with two attached hydrogens (primary N) is 1. The van der Waals surface area contributed by atoms with Gasteiger partial charge in [-0.2, -0.15) is 0 Å². The average molecular weight is 210 g/mol. The number of hydrogen-bond donors (Lipinski definition) is 1. The Balaban J connectivity index is 2.40. The van der Waals surface area contributed by atoms with Gasteiger partial charge in [-0.15, -0.1) is 6.58 Å². The predicted molar refractivity (Wildman–Crippen MR) is 66.9 cm³/mol. The van der Waals surface area contributed by atoms with E-state index in [9.17, 15) is 0 Å². The molecule has 0 aromatic heterocycles. The number of hydrogen-bond acceptors (Lipinski definition) is 2. The molecule has 0 bridgehead atoms. The SMILES string of the molecule is C=C(C)CCN(C)C1CCCCC1CN. The van der Waals surface area contributed by atoms with E-state index in [1.165, 1.54) is 31.3 Å². The molecule has 1 saturated carbocycles. The predicted octanol–water partition coefficient (Wildman–Crippen LogP) is 2.40. The Morgan fingerprint density at radius 3 is 2.67 bits per heavy atom. The van der Waals surface area contributed by atoms with Gasteiger partial charge in [-0.3, -0.25) is 0 Å². The molecule has 1 rings (SSSR count). The Kier molecular flexibility index (Phi) is 5.34. The quantitative estimate of drug-likeness (QED) is 0.706. The summed E-state index contributed by atoms with van der Waals surface area (Å²) in [6.07, 6.45) is 6.50. The van der Waals surface area contributed by atoms with Gasteiger partial charge < -0.3 is 10.6 Å². The molecule has 2 nitrogen and oxygen atoms in total. The zero-order valence-corrected chi connectivity index (χ0v) is 10.3. The molecule has 0 heterocycles. The lowest BCUT2D eigenvalue weighted by Gasteiger charge is -2.37. The van der Waals surface area contributed by atoms with Crippen molar-refractivity contribution >= 4 is 0 Å². The van der Waals surface area contributed by atoms with E-state index >= 15 is 0 Å². The Morgan fingerprint density at radius 1 is 1.40 bits per heavy atom. The fraction of sp³-hybridized carbons (Fsp3) is 0.846. The van der Waals surface area contributed by atoms with E-state index in [2.05, 4.69) is 25.5 Å². The summed E-state index contributed by atoms with van der Waals surface area (Å²) in [5, 5.41) is 0. The van der Waals surface area contributed by atoms with Crippen LogP contribution in [0.4, 0.5) is 0 Å². The Morgan fingerprint density at radius 2 is 2.07 bits per heavy atom. The first-order chi connectivity index (χ1) is 7.15. The number of nitrogens with zero attached hydrogens (tertiary/aromatic N) is 1. The standard InChI is InChI=1S/C13H26N2/c1-11(2)8-9-15(3)13-7-5-4-6-12(13)10-14/h12-13H,1,4-10,14H2,2-3H3. The molecular weight excluding hydrogens is 184 g/mol. The molecule has 1 aliphatic carbocycles. The van der Waals surface area contributed by atoms with Crippen LogP contribution in [-0.4, -0.2) is 31.1 Å². The van der Waals surface area contributed by atoms with Crippen molar-refractivity contribution in [1.82, 2.24) is 4.90 Å². The highest BCUT2D eigenvalue weighted by Gasteiger charge is 2.26. The van der Waals surface area contributed by atoms with E-state index in [1.807, 2.05) is 0 Å². The minimum absolute atomic E-state index is 0.711. The highest BCUT2D eigenvalue weighted by atomic mass is 15.1. The third-order valence-electron chi connectivity index (χ3n) is 3.63. The minimum atomic E-state index is 0.711. The molecule has 0 aliphatic heterocycles. The van der Waals surface area contributed by atoms with Gasteiger partial charge in [0.2, 0.25) is 0 Å². The third-order valence-corrected chi connectivity index (χ3v) is 3.63. The highest BCUT2D eigenvalue weighted by molar-refractivity contribution is 4.90. The molecule has 0 aromatic carbocycles. The van der Waals surface area contributed by atoms with Crippen molar-refractivity contribution in [3.05, 3.63) is 12.2 Å². The van der Waals surface area contributed by atoms with E-state index in [0.29, 0.717) is 12.0 Å². The maximum Gasteiger partial charge on any atom is 0.0133 e. The van der Waals surface area contributed by atoms with Gasteiger partial charge >= 0.3 is 0 Å². The molecule has 88 valence electrons. The molecule has 0 saturated heterocycles. The van der Waals surface area contributed by atoms with E-state index in [-0.39, 0.29) is 0 Å². The van der Waals surface area contributed by atoms with Gasteiger partial charge in [-0.1, -0.05) is 18.4 Å². The van der Waals surface area contributed by atoms with Gasteiger partial charge in [-0.05, 0) is 45.7 Å². The van der Waals surface area contributed by atoms with Crippen LogP contribution < -0.4 is 5.73 Å². The van der Waals surface area contributed by atoms with Crippen molar-refractivity contribution in [2.75, 3.05) is 20.1 Å². The van der Waals surface area contributed by atoms with E-state index in [4.69, 9.17) is 5.73 Å². The second-order valence-electron chi connectivity index (χ2n) is 5.04. The van der Waals surface area contributed by atoms with Gasteiger partial charge in [-0.25, -0.2) is 0 Å². The van der Waals surface area contributed by atoms with Crippen LogP contribution in [-0.2, 0) is 0 Å². The Hall–Kier alpha value is -0.340. The summed E-state index contributed by atoms with van der Waals surface area (Å²) in [7, 11) is 2.24. The van der Waals surface area contributed by atoms with Crippen LogP contribution in [0, 0.1) is 5.92 Å². The maximum atomic E-state index is 5.84. The van der Waals surface area contributed by atoms with E-state index in [1.54, 1.807) is 0 Å². The van der Waals surface area contributed by atoms with Crippen LogP contribution in [0.1, 0.15) is 39.0 Å². The molecule has 1 fully saturated rings. The van der Waals surface area contributed by atoms with Crippen molar-refractivity contribution in [3.8, 4) is 0 Å². The maximum absolute atomic E-state index is 5.84. The highest BCUT2D eigenvalue weighted by Crippen LogP contribution is 2.27. The lowest BCUT2D eigenvalue weighted by Crippen LogP contribution is -2.43. The summed E-state index contributed by atoms with van der Waals surface area (Å²) < 4.78 is 0. The molecule has 0 aromatic rings. The van der Waals surface area contributed by atoms with E-state index < -0.39 is 0 Å².